The summed E-state index contributed by atoms with van der Waals surface area (Å²) in [5, 5.41) is 19.0. The molecule has 0 unspecified atom stereocenters. The molecular weight excluding hydrogens is 272 g/mol. The van der Waals surface area contributed by atoms with E-state index in [0.717, 1.165) is 6.07 Å². The maximum Gasteiger partial charge on any atom is 0.433 e. The third-order valence-corrected chi connectivity index (χ3v) is 2.86. The van der Waals surface area contributed by atoms with E-state index in [9.17, 15) is 19.7 Å². The van der Waals surface area contributed by atoms with Gasteiger partial charge in [-0.25, -0.2) is 4.79 Å². The van der Waals surface area contributed by atoms with Crippen molar-refractivity contribution in [2.75, 3.05) is 19.7 Å². The number of carbonyl (C=O) groups excluding carboxylic acids is 1. The van der Waals surface area contributed by atoms with Gasteiger partial charge in [0.25, 0.3) is 5.91 Å². The van der Waals surface area contributed by atoms with E-state index in [1.54, 1.807) is 6.92 Å². The Morgan fingerprint density at radius 1 is 1.55 bits per heavy atom. The minimum absolute atomic E-state index is 0.128. The van der Waals surface area contributed by atoms with Crippen LogP contribution >= 0.6 is 0 Å². The van der Waals surface area contributed by atoms with Crippen molar-refractivity contribution in [3.63, 3.8) is 0 Å². The zero-order valence-corrected chi connectivity index (χ0v) is 10.6. The first-order chi connectivity index (χ1) is 9.31. The lowest BCUT2D eigenvalue weighted by atomic mass is 9.96. The lowest BCUT2D eigenvalue weighted by molar-refractivity contribution is -0.402. The Hall–Kier alpha value is -2.42. The van der Waals surface area contributed by atoms with Crippen molar-refractivity contribution in [1.29, 1.82) is 0 Å². The molecule has 9 nitrogen and oxygen atoms in total. The molecule has 9 heteroatoms. The van der Waals surface area contributed by atoms with Crippen LogP contribution in [0.15, 0.2) is 16.5 Å². The number of aliphatic carboxylic acids is 1. The number of hydrogen-bond donors (Lipinski definition) is 1. The molecule has 1 N–H and O–H groups in total. The zero-order chi connectivity index (χ0) is 14.9. The minimum atomic E-state index is -1.09. The predicted octanol–water partition coefficient (Wildman–Crippen LogP) is 0.503. The number of hydrogen-bond acceptors (Lipinski definition) is 6. The number of carboxylic acids is 1. The molecule has 2 rings (SSSR count). The first-order valence-corrected chi connectivity index (χ1v) is 5.70. The SMILES string of the molecule is CC1(OCC(=O)O)CN(C(=O)c2ccc([N+](=O)[O-])o2)C1. The van der Waals surface area contributed by atoms with Crippen molar-refractivity contribution < 1.29 is 28.8 Å². The standard InChI is InChI=1S/C11H12N2O7/c1-11(19-4-9(14)15)5-12(6-11)10(16)7-2-3-8(20-7)13(17)18/h2-3H,4-6H2,1H3,(H,14,15). The van der Waals surface area contributed by atoms with Gasteiger partial charge in [0.2, 0.25) is 0 Å². The van der Waals surface area contributed by atoms with E-state index >= 15 is 0 Å². The van der Waals surface area contributed by atoms with Crippen LogP contribution in [0.2, 0.25) is 0 Å². The molecule has 1 aliphatic heterocycles. The molecule has 0 radical (unpaired) electrons. The van der Waals surface area contributed by atoms with Gasteiger partial charge in [0.05, 0.1) is 19.2 Å². The average Bonchev–Trinajstić information content (AvgIpc) is 2.81. The van der Waals surface area contributed by atoms with E-state index < -0.39 is 34.9 Å². The highest BCUT2D eigenvalue weighted by atomic mass is 16.6. The second-order valence-electron chi connectivity index (χ2n) is 4.69. The predicted molar refractivity (Wildman–Crippen MR) is 63.3 cm³/mol. The Morgan fingerprint density at radius 2 is 2.20 bits per heavy atom. The smallest absolute Gasteiger partial charge is 0.433 e. The molecule has 1 saturated heterocycles. The van der Waals surface area contributed by atoms with E-state index in [-0.39, 0.29) is 18.8 Å². The van der Waals surface area contributed by atoms with Gasteiger partial charge < -0.3 is 19.2 Å². The summed E-state index contributed by atoms with van der Waals surface area (Å²) < 4.78 is 9.96. The monoisotopic (exact) mass is 284 g/mol. The van der Waals surface area contributed by atoms with Gasteiger partial charge in [0.15, 0.2) is 5.76 Å². The van der Waals surface area contributed by atoms with E-state index in [1.807, 2.05) is 0 Å². The summed E-state index contributed by atoms with van der Waals surface area (Å²) in [6, 6.07) is 2.33. The fourth-order valence-electron chi connectivity index (χ4n) is 1.93. The fourth-order valence-corrected chi connectivity index (χ4v) is 1.93. The van der Waals surface area contributed by atoms with Crippen LogP contribution in [-0.4, -0.2) is 52.1 Å². The molecule has 108 valence electrons. The molecule has 0 saturated carbocycles. The number of rotatable bonds is 5. The second kappa shape index (κ2) is 4.93. The van der Waals surface area contributed by atoms with Crippen LogP contribution in [0.1, 0.15) is 17.5 Å². The van der Waals surface area contributed by atoms with Gasteiger partial charge in [-0.1, -0.05) is 0 Å². The van der Waals surface area contributed by atoms with E-state index in [4.69, 9.17) is 14.3 Å². The number of furan rings is 1. The molecule has 1 aromatic rings. The Labute approximate surface area is 112 Å². The summed E-state index contributed by atoms with van der Waals surface area (Å²) in [6.45, 7) is 1.65. The van der Waals surface area contributed by atoms with Crippen molar-refractivity contribution in [3.8, 4) is 0 Å². The van der Waals surface area contributed by atoms with Crippen LogP contribution in [0.25, 0.3) is 0 Å². The van der Waals surface area contributed by atoms with Gasteiger partial charge in [0, 0.05) is 0 Å². The van der Waals surface area contributed by atoms with Gasteiger partial charge in [-0.15, -0.1) is 0 Å². The normalized spacial score (nSPS) is 16.6. The lowest BCUT2D eigenvalue weighted by Gasteiger charge is -2.46. The molecule has 1 amide bonds. The highest BCUT2D eigenvalue weighted by Gasteiger charge is 2.43. The largest absolute Gasteiger partial charge is 0.480 e. The molecule has 1 aliphatic rings. The quantitative estimate of drug-likeness (QED) is 0.616. The molecule has 1 aromatic heterocycles. The van der Waals surface area contributed by atoms with Crippen LogP contribution in [0.4, 0.5) is 5.88 Å². The summed E-state index contributed by atoms with van der Waals surface area (Å²) in [5.41, 5.74) is -0.716. The van der Waals surface area contributed by atoms with Gasteiger partial charge in [-0.3, -0.25) is 14.9 Å². The van der Waals surface area contributed by atoms with Crippen LogP contribution in [0.5, 0.6) is 0 Å². The topological polar surface area (TPSA) is 123 Å². The van der Waals surface area contributed by atoms with Gasteiger partial charge in [-0.05, 0) is 13.0 Å². The van der Waals surface area contributed by atoms with Crippen LogP contribution in [0, 0.1) is 10.1 Å². The summed E-state index contributed by atoms with van der Waals surface area (Å²) >= 11 is 0. The van der Waals surface area contributed by atoms with Gasteiger partial charge in [0.1, 0.15) is 17.1 Å². The maximum atomic E-state index is 11.9. The van der Waals surface area contributed by atoms with Crippen LogP contribution in [-0.2, 0) is 9.53 Å². The molecule has 0 bridgehead atoms. The Kier molecular flexibility index (Phi) is 3.45. The first kappa shape index (κ1) is 14.0. The van der Waals surface area contributed by atoms with Crippen molar-refractivity contribution in [1.82, 2.24) is 4.90 Å². The number of carbonyl (C=O) groups is 2. The maximum absolute atomic E-state index is 11.9. The number of amides is 1. The van der Waals surface area contributed by atoms with Gasteiger partial charge >= 0.3 is 11.9 Å². The summed E-state index contributed by atoms with van der Waals surface area (Å²) in [4.78, 5) is 33.4. The van der Waals surface area contributed by atoms with E-state index in [2.05, 4.69) is 0 Å². The van der Waals surface area contributed by atoms with Crippen molar-refractivity contribution in [3.05, 3.63) is 28.0 Å². The van der Waals surface area contributed by atoms with Crippen LogP contribution < -0.4 is 0 Å². The Bertz CT molecular complexity index is 559. The highest BCUT2D eigenvalue weighted by Crippen LogP contribution is 2.27. The molecule has 0 atom stereocenters. The van der Waals surface area contributed by atoms with Crippen LogP contribution in [0.3, 0.4) is 0 Å². The summed E-state index contributed by atoms with van der Waals surface area (Å²) in [5.74, 6) is -2.21. The zero-order valence-electron chi connectivity index (χ0n) is 10.6. The summed E-state index contributed by atoms with van der Waals surface area (Å²) in [6.07, 6.45) is 0. The van der Waals surface area contributed by atoms with Crippen molar-refractivity contribution in [2.45, 2.75) is 12.5 Å². The molecule has 20 heavy (non-hydrogen) atoms. The highest BCUT2D eigenvalue weighted by molar-refractivity contribution is 5.92. The molecule has 0 aliphatic carbocycles. The molecule has 0 spiro atoms. The lowest BCUT2D eigenvalue weighted by Crippen LogP contribution is -2.63. The van der Waals surface area contributed by atoms with Crippen molar-refractivity contribution in [2.24, 2.45) is 0 Å². The number of nitro groups is 1. The van der Waals surface area contributed by atoms with E-state index in [0.29, 0.717) is 0 Å². The first-order valence-electron chi connectivity index (χ1n) is 5.70. The summed E-state index contributed by atoms with van der Waals surface area (Å²) in [7, 11) is 0. The number of carboxylic acid groups (broad SMARTS) is 1. The molecule has 0 aromatic carbocycles. The fraction of sp³-hybridized carbons (Fsp3) is 0.455. The Morgan fingerprint density at radius 3 is 2.70 bits per heavy atom. The van der Waals surface area contributed by atoms with Gasteiger partial charge in [-0.2, -0.15) is 0 Å². The number of ether oxygens (including phenoxy) is 1. The van der Waals surface area contributed by atoms with E-state index in [1.165, 1.54) is 11.0 Å². The third-order valence-electron chi connectivity index (χ3n) is 2.86. The minimum Gasteiger partial charge on any atom is -0.480 e. The Balaban J connectivity index is 1.92. The van der Waals surface area contributed by atoms with Crippen molar-refractivity contribution >= 4 is 17.8 Å². The molecule has 2 heterocycles. The third kappa shape index (κ3) is 2.77. The second-order valence-corrected chi connectivity index (χ2v) is 4.69. The number of nitrogens with zero attached hydrogens (tertiary/aromatic N) is 2. The average molecular weight is 284 g/mol. The number of likely N-dealkylation sites (tertiary alicyclic amines) is 1. The molecular formula is C11H12N2O7. The molecule has 1 fully saturated rings.